The van der Waals surface area contributed by atoms with E-state index in [2.05, 4.69) is 10.5 Å². The van der Waals surface area contributed by atoms with Crippen molar-refractivity contribution in [2.45, 2.75) is 19.9 Å². The molecule has 0 radical (unpaired) electrons. The maximum atomic E-state index is 12.6. The van der Waals surface area contributed by atoms with Crippen molar-refractivity contribution in [2.24, 2.45) is 0 Å². The van der Waals surface area contributed by atoms with Crippen LogP contribution in [-0.4, -0.2) is 47.0 Å². The summed E-state index contributed by atoms with van der Waals surface area (Å²) in [5, 5.41) is 7.18. The van der Waals surface area contributed by atoms with Gasteiger partial charge in [-0.05, 0) is 19.9 Å². The van der Waals surface area contributed by atoms with Crippen molar-refractivity contribution in [3.8, 4) is 0 Å². The van der Waals surface area contributed by atoms with Crippen LogP contribution < -0.4 is 11.0 Å². The molecule has 0 spiro atoms. The molecular weight excluding hydrogens is 296 g/mol. The summed E-state index contributed by atoms with van der Waals surface area (Å²) in [6.07, 6.45) is 0. The third-order valence-electron chi connectivity index (χ3n) is 3.80. The fraction of sp³-hybridized carbons (Fsp3) is 0.438. The first-order valence-corrected chi connectivity index (χ1v) is 7.73. The molecule has 0 atom stereocenters. The van der Waals surface area contributed by atoms with Gasteiger partial charge < -0.3 is 4.74 Å². The van der Waals surface area contributed by atoms with E-state index in [4.69, 9.17) is 4.74 Å². The summed E-state index contributed by atoms with van der Waals surface area (Å²) >= 11 is 0. The Morgan fingerprint density at radius 2 is 1.87 bits per heavy atom. The number of nitrogens with one attached hydrogen (secondary N) is 1. The van der Waals surface area contributed by atoms with Crippen LogP contribution in [0.15, 0.2) is 29.1 Å². The highest BCUT2D eigenvalue weighted by molar-refractivity contribution is 6.04. The minimum absolute atomic E-state index is 0.123. The third kappa shape index (κ3) is 3.11. The first-order chi connectivity index (χ1) is 11.1. The van der Waals surface area contributed by atoms with Gasteiger partial charge in [0, 0.05) is 18.5 Å². The molecule has 2 aromatic rings. The molecule has 7 nitrogen and oxygen atoms in total. The standard InChI is InChI=1S/C16H20N4O3/c1-11(2)20-16(22)13-6-4-3-5-12(13)14(17-20)15(21)18-19-7-9-23-10-8-19/h3-6,11H,7-10H2,1-2H3,(H,18,21). The number of amides is 1. The van der Waals surface area contributed by atoms with E-state index in [9.17, 15) is 9.59 Å². The summed E-state index contributed by atoms with van der Waals surface area (Å²) in [5.41, 5.74) is 2.93. The number of carbonyl (C=O) groups excluding carboxylic acids is 1. The van der Waals surface area contributed by atoms with Crippen LogP contribution in [-0.2, 0) is 4.74 Å². The number of hydrazine groups is 1. The van der Waals surface area contributed by atoms with Crippen molar-refractivity contribution in [3.63, 3.8) is 0 Å². The van der Waals surface area contributed by atoms with Gasteiger partial charge in [-0.25, -0.2) is 9.69 Å². The predicted octanol–water partition coefficient (Wildman–Crippen LogP) is 0.954. The smallest absolute Gasteiger partial charge is 0.286 e. The maximum Gasteiger partial charge on any atom is 0.286 e. The Morgan fingerprint density at radius 3 is 2.52 bits per heavy atom. The van der Waals surface area contributed by atoms with E-state index >= 15 is 0 Å². The molecule has 0 bridgehead atoms. The van der Waals surface area contributed by atoms with Crippen molar-refractivity contribution in [1.29, 1.82) is 0 Å². The Balaban J connectivity index is 2.03. The fourth-order valence-electron chi connectivity index (χ4n) is 2.60. The molecule has 1 amide bonds. The molecule has 7 heteroatoms. The monoisotopic (exact) mass is 316 g/mol. The van der Waals surface area contributed by atoms with Gasteiger partial charge in [0.05, 0.1) is 24.6 Å². The Kier molecular flexibility index (Phi) is 4.40. The van der Waals surface area contributed by atoms with Gasteiger partial charge in [-0.15, -0.1) is 0 Å². The van der Waals surface area contributed by atoms with Crippen molar-refractivity contribution < 1.29 is 9.53 Å². The number of hydrogen-bond donors (Lipinski definition) is 1. The van der Waals surface area contributed by atoms with Gasteiger partial charge in [-0.3, -0.25) is 15.0 Å². The van der Waals surface area contributed by atoms with Gasteiger partial charge in [0.2, 0.25) is 0 Å². The summed E-state index contributed by atoms with van der Waals surface area (Å²) in [5.74, 6) is -0.308. The number of benzene rings is 1. The highest BCUT2D eigenvalue weighted by Gasteiger charge is 2.20. The molecule has 0 saturated carbocycles. The number of ether oxygens (including phenoxy) is 1. The van der Waals surface area contributed by atoms with Crippen LogP contribution in [0.2, 0.25) is 0 Å². The molecule has 23 heavy (non-hydrogen) atoms. The molecule has 1 fully saturated rings. The molecule has 1 aromatic carbocycles. The molecule has 122 valence electrons. The highest BCUT2D eigenvalue weighted by atomic mass is 16.5. The molecule has 0 aliphatic carbocycles. The predicted molar refractivity (Wildman–Crippen MR) is 86.2 cm³/mol. The van der Waals surface area contributed by atoms with Crippen molar-refractivity contribution in [3.05, 3.63) is 40.3 Å². The average molecular weight is 316 g/mol. The summed E-state index contributed by atoms with van der Waals surface area (Å²) in [7, 11) is 0. The lowest BCUT2D eigenvalue weighted by atomic mass is 10.1. The lowest BCUT2D eigenvalue weighted by Gasteiger charge is -2.27. The number of aromatic nitrogens is 2. The van der Waals surface area contributed by atoms with Crippen molar-refractivity contribution in [2.75, 3.05) is 26.3 Å². The Morgan fingerprint density at radius 1 is 1.22 bits per heavy atom. The molecule has 1 aromatic heterocycles. The maximum absolute atomic E-state index is 12.6. The highest BCUT2D eigenvalue weighted by Crippen LogP contribution is 2.15. The van der Waals surface area contributed by atoms with E-state index in [0.29, 0.717) is 37.1 Å². The third-order valence-corrected chi connectivity index (χ3v) is 3.80. The largest absolute Gasteiger partial charge is 0.379 e. The van der Waals surface area contributed by atoms with E-state index in [1.807, 2.05) is 18.9 Å². The number of carbonyl (C=O) groups is 1. The van der Waals surface area contributed by atoms with Gasteiger partial charge >= 0.3 is 0 Å². The lowest BCUT2D eigenvalue weighted by molar-refractivity contribution is 0.0124. The van der Waals surface area contributed by atoms with Crippen LogP contribution in [0.3, 0.4) is 0 Å². The van der Waals surface area contributed by atoms with Gasteiger partial charge in [-0.2, -0.15) is 5.10 Å². The summed E-state index contributed by atoms with van der Waals surface area (Å²) in [4.78, 5) is 25.1. The SMILES string of the molecule is CC(C)n1nc(C(=O)NN2CCOCC2)c2ccccc2c1=O. The molecule has 1 aliphatic rings. The second kappa shape index (κ2) is 6.47. The topological polar surface area (TPSA) is 76.5 Å². The number of morpholine rings is 1. The molecule has 0 unspecified atom stereocenters. The van der Waals surface area contributed by atoms with Crippen molar-refractivity contribution in [1.82, 2.24) is 20.2 Å². The number of hydrogen-bond acceptors (Lipinski definition) is 5. The second-order valence-corrected chi connectivity index (χ2v) is 5.78. The Hall–Kier alpha value is -2.25. The van der Waals surface area contributed by atoms with E-state index in [1.165, 1.54) is 4.68 Å². The summed E-state index contributed by atoms with van der Waals surface area (Å²) in [6.45, 7) is 6.17. The number of rotatable bonds is 3. The molecule has 3 rings (SSSR count). The van der Waals surface area contributed by atoms with Crippen LogP contribution in [0.25, 0.3) is 10.8 Å². The van der Waals surface area contributed by atoms with Gasteiger partial charge in [-0.1, -0.05) is 18.2 Å². The first kappa shape index (κ1) is 15.6. The minimum Gasteiger partial charge on any atom is -0.379 e. The first-order valence-electron chi connectivity index (χ1n) is 7.73. The zero-order valence-electron chi connectivity index (χ0n) is 13.3. The van der Waals surface area contributed by atoms with Crippen LogP contribution in [0.1, 0.15) is 30.4 Å². The van der Waals surface area contributed by atoms with Crippen LogP contribution >= 0.6 is 0 Å². The molecule has 1 N–H and O–H groups in total. The lowest BCUT2D eigenvalue weighted by Crippen LogP contribution is -2.48. The molecule has 1 aliphatic heterocycles. The van der Waals surface area contributed by atoms with Gasteiger partial charge in [0.15, 0.2) is 5.69 Å². The second-order valence-electron chi connectivity index (χ2n) is 5.78. The zero-order valence-corrected chi connectivity index (χ0v) is 13.3. The van der Waals surface area contributed by atoms with Crippen LogP contribution in [0.4, 0.5) is 0 Å². The van der Waals surface area contributed by atoms with E-state index < -0.39 is 0 Å². The van der Waals surface area contributed by atoms with E-state index in [0.717, 1.165) is 0 Å². The van der Waals surface area contributed by atoms with Crippen LogP contribution in [0, 0.1) is 0 Å². The van der Waals surface area contributed by atoms with E-state index in [1.54, 1.807) is 24.3 Å². The normalized spacial score (nSPS) is 16.0. The zero-order chi connectivity index (χ0) is 16.4. The van der Waals surface area contributed by atoms with Crippen LogP contribution in [0.5, 0.6) is 0 Å². The molecule has 1 saturated heterocycles. The Labute approximate surface area is 133 Å². The number of fused-ring (bicyclic) bond motifs is 1. The minimum atomic E-state index is -0.308. The molecule has 2 heterocycles. The summed E-state index contributed by atoms with van der Waals surface area (Å²) in [6, 6.07) is 6.95. The quantitative estimate of drug-likeness (QED) is 0.912. The summed E-state index contributed by atoms with van der Waals surface area (Å²) < 4.78 is 6.63. The average Bonchev–Trinajstić information content (AvgIpc) is 2.56. The van der Waals surface area contributed by atoms with Crippen molar-refractivity contribution >= 4 is 16.7 Å². The van der Waals surface area contributed by atoms with Gasteiger partial charge in [0.1, 0.15) is 0 Å². The molecular formula is C16H20N4O3. The number of nitrogens with zero attached hydrogens (tertiary/aromatic N) is 3. The van der Waals surface area contributed by atoms with Gasteiger partial charge in [0.25, 0.3) is 11.5 Å². The van der Waals surface area contributed by atoms with E-state index in [-0.39, 0.29) is 23.2 Å². The Bertz CT molecular complexity index is 778. The fourth-order valence-corrected chi connectivity index (χ4v) is 2.60.